The van der Waals surface area contributed by atoms with Crippen LogP contribution in [0.5, 0.6) is 11.5 Å². The molecule has 0 aromatic heterocycles. The number of rotatable bonds is 7. The highest BCUT2D eigenvalue weighted by atomic mass is 16.6. The third kappa shape index (κ3) is 4.45. The van der Waals surface area contributed by atoms with Crippen molar-refractivity contribution < 1.29 is 19.2 Å². The second kappa shape index (κ2) is 7.96. The molecule has 0 bridgehead atoms. The highest BCUT2D eigenvalue weighted by Gasteiger charge is 2.11. The third-order valence-electron chi connectivity index (χ3n) is 3.36. The highest BCUT2D eigenvalue weighted by Crippen LogP contribution is 2.26. The van der Waals surface area contributed by atoms with Gasteiger partial charge in [0.2, 0.25) is 5.91 Å². The summed E-state index contributed by atoms with van der Waals surface area (Å²) < 4.78 is 10.7. The average molecular weight is 330 g/mol. The van der Waals surface area contributed by atoms with Crippen LogP contribution in [-0.2, 0) is 4.79 Å². The predicted molar refractivity (Wildman–Crippen MR) is 89.6 cm³/mol. The molecule has 7 heteroatoms. The van der Waals surface area contributed by atoms with Gasteiger partial charge in [0.25, 0.3) is 5.69 Å². The summed E-state index contributed by atoms with van der Waals surface area (Å²) in [7, 11) is 1.54. The number of carbonyl (C=O) groups is 1. The molecule has 126 valence electrons. The smallest absolute Gasteiger partial charge is 0.271 e. The van der Waals surface area contributed by atoms with Crippen LogP contribution in [0.25, 0.3) is 0 Å². The lowest BCUT2D eigenvalue weighted by atomic mass is 10.2. The number of amides is 1. The molecule has 1 amide bonds. The quantitative estimate of drug-likeness (QED) is 0.621. The van der Waals surface area contributed by atoms with E-state index < -0.39 is 4.92 Å². The lowest BCUT2D eigenvalue weighted by Crippen LogP contribution is -2.16. The summed E-state index contributed by atoms with van der Waals surface area (Å²) in [5.74, 6) is 0.861. The Kier molecular flexibility index (Phi) is 5.73. The summed E-state index contributed by atoms with van der Waals surface area (Å²) in [6.45, 7) is 1.94. The number of ether oxygens (including phenoxy) is 2. The van der Waals surface area contributed by atoms with E-state index in [9.17, 15) is 14.9 Å². The average Bonchev–Trinajstić information content (AvgIpc) is 2.57. The zero-order valence-corrected chi connectivity index (χ0v) is 13.4. The first kappa shape index (κ1) is 17.3. The van der Waals surface area contributed by atoms with Crippen LogP contribution >= 0.6 is 0 Å². The van der Waals surface area contributed by atoms with Gasteiger partial charge in [-0.25, -0.2) is 0 Å². The van der Waals surface area contributed by atoms with Crippen LogP contribution in [0.3, 0.4) is 0 Å². The van der Waals surface area contributed by atoms with Crippen molar-refractivity contribution in [1.29, 1.82) is 0 Å². The van der Waals surface area contributed by atoms with Gasteiger partial charge in [-0.1, -0.05) is 18.2 Å². The number of nitro groups is 1. The molecule has 0 heterocycles. The first-order valence-electron chi connectivity index (χ1n) is 7.32. The third-order valence-corrected chi connectivity index (χ3v) is 3.36. The van der Waals surface area contributed by atoms with Crippen LogP contribution in [0.2, 0.25) is 0 Å². The Hall–Kier alpha value is -3.09. The highest BCUT2D eigenvalue weighted by molar-refractivity contribution is 5.91. The van der Waals surface area contributed by atoms with Gasteiger partial charge in [-0.05, 0) is 24.6 Å². The van der Waals surface area contributed by atoms with Crippen molar-refractivity contribution in [3.05, 3.63) is 58.1 Å². The predicted octanol–water partition coefficient (Wildman–Crippen LogP) is 3.32. The lowest BCUT2D eigenvalue weighted by molar-refractivity contribution is -0.384. The number of aryl methyl sites for hydroxylation is 1. The Morgan fingerprint density at radius 1 is 1.21 bits per heavy atom. The number of nitrogens with zero attached hydrogens (tertiary/aromatic N) is 1. The molecule has 1 N–H and O–H groups in total. The van der Waals surface area contributed by atoms with Crippen molar-refractivity contribution in [1.82, 2.24) is 0 Å². The molecule has 2 aromatic rings. The SMILES string of the molecule is COc1ccccc1OCCC(=O)Nc1cc([N+](=O)[O-])ccc1C. The minimum absolute atomic E-state index is 0.0684. The van der Waals surface area contributed by atoms with Crippen molar-refractivity contribution in [3.63, 3.8) is 0 Å². The number of non-ortho nitro benzene ring substituents is 1. The van der Waals surface area contributed by atoms with Crippen LogP contribution in [0.4, 0.5) is 11.4 Å². The van der Waals surface area contributed by atoms with E-state index >= 15 is 0 Å². The van der Waals surface area contributed by atoms with Gasteiger partial charge >= 0.3 is 0 Å². The maximum absolute atomic E-state index is 12.0. The Balaban J connectivity index is 1.92. The molecule has 0 aliphatic rings. The zero-order valence-electron chi connectivity index (χ0n) is 13.4. The van der Waals surface area contributed by atoms with Crippen LogP contribution in [-0.4, -0.2) is 24.5 Å². The second-order valence-corrected chi connectivity index (χ2v) is 5.05. The number of para-hydroxylation sites is 2. The summed E-state index contributed by atoms with van der Waals surface area (Å²) in [5, 5.41) is 13.5. The van der Waals surface area contributed by atoms with Crippen molar-refractivity contribution in [3.8, 4) is 11.5 Å². The molecule has 0 spiro atoms. The largest absolute Gasteiger partial charge is 0.493 e. The van der Waals surface area contributed by atoms with E-state index in [-0.39, 0.29) is 24.6 Å². The fourth-order valence-electron chi connectivity index (χ4n) is 2.06. The van der Waals surface area contributed by atoms with Crippen molar-refractivity contribution >= 4 is 17.3 Å². The summed E-state index contributed by atoms with van der Waals surface area (Å²) in [6, 6.07) is 11.5. The van der Waals surface area contributed by atoms with Gasteiger partial charge in [0.1, 0.15) is 0 Å². The van der Waals surface area contributed by atoms with Gasteiger partial charge in [-0.15, -0.1) is 0 Å². The monoisotopic (exact) mass is 330 g/mol. The van der Waals surface area contributed by atoms with Gasteiger partial charge in [0, 0.05) is 12.1 Å². The van der Waals surface area contributed by atoms with Gasteiger partial charge in [0.15, 0.2) is 11.5 Å². The van der Waals surface area contributed by atoms with E-state index in [2.05, 4.69) is 5.32 Å². The summed E-state index contributed by atoms with van der Waals surface area (Å²) in [5.41, 5.74) is 1.10. The van der Waals surface area contributed by atoms with Crippen LogP contribution in [0.15, 0.2) is 42.5 Å². The summed E-state index contributed by atoms with van der Waals surface area (Å²) in [4.78, 5) is 22.3. The Bertz CT molecular complexity index is 746. The maximum atomic E-state index is 12.0. The van der Waals surface area contributed by atoms with E-state index in [1.807, 2.05) is 12.1 Å². The minimum atomic E-state index is -0.500. The number of anilines is 1. The van der Waals surface area contributed by atoms with Crippen molar-refractivity contribution in [2.45, 2.75) is 13.3 Å². The van der Waals surface area contributed by atoms with Crippen LogP contribution < -0.4 is 14.8 Å². The number of hydrogen-bond donors (Lipinski definition) is 1. The second-order valence-electron chi connectivity index (χ2n) is 5.05. The first-order valence-corrected chi connectivity index (χ1v) is 7.32. The molecule has 24 heavy (non-hydrogen) atoms. The van der Waals surface area contributed by atoms with Gasteiger partial charge in [-0.2, -0.15) is 0 Å². The van der Waals surface area contributed by atoms with E-state index in [1.165, 1.54) is 12.1 Å². The number of carbonyl (C=O) groups excluding carboxylic acids is 1. The van der Waals surface area contributed by atoms with Crippen LogP contribution in [0.1, 0.15) is 12.0 Å². The van der Waals surface area contributed by atoms with Gasteiger partial charge in [0.05, 0.1) is 30.7 Å². The van der Waals surface area contributed by atoms with E-state index in [0.717, 1.165) is 5.56 Å². The normalized spacial score (nSPS) is 10.1. The maximum Gasteiger partial charge on any atom is 0.271 e. The molecule has 0 saturated heterocycles. The van der Waals surface area contributed by atoms with Gasteiger partial charge < -0.3 is 14.8 Å². The molecule has 0 atom stereocenters. The standard InChI is InChI=1S/C17H18N2O5/c1-12-7-8-13(19(21)22)11-14(12)18-17(20)9-10-24-16-6-4-3-5-15(16)23-2/h3-8,11H,9-10H2,1-2H3,(H,18,20). The topological polar surface area (TPSA) is 90.7 Å². The number of nitro benzene ring substituents is 1. The van der Waals surface area contributed by atoms with Crippen molar-refractivity contribution in [2.24, 2.45) is 0 Å². The number of nitrogens with one attached hydrogen (secondary N) is 1. The summed E-state index contributed by atoms with van der Waals surface area (Å²) >= 11 is 0. The lowest BCUT2D eigenvalue weighted by Gasteiger charge is -2.11. The molecule has 0 radical (unpaired) electrons. The minimum Gasteiger partial charge on any atom is -0.493 e. The molecule has 0 aliphatic heterocycles. The Labute approximate surface area is 139 Å². The Morgan fingerprint density at radius 2 is 1.92 bits per heavy atom. The molecule has 0 aliphatic carbocycles. The Morgan fingerprint density at radius 3 is 2.58 bits per heavy atom. The molecule has 0 saturated carbocycles. The number of hydrogen-bond acceptors (Lipinski definition) is 5. The molecule has 2 rings (SSSR count). The van der Waals surface area contributed by atoms with E-state index in [0.29, 0.717) is 17.2 Å². The molecule has 0 fully saturated rings. The van der Waals surface area contributed by atoms with Crippen LogP contribution in [0, 0.1) is 17.0 Å². The number of methoxy groups -OCH3 is 1. The fourth-order valence-corrected chi connectivity index (χ4v) is 2.06. The molecular formula is C17H18N2O5. The fraction of sp³-hybridized carbons (Fsp3) is 0.235. The first-order chi connectivity index (χ1) is 11.5. The van der Waals surface area contributed by atoms with Gasteiger partial charge in [-0.3, -0.25) is 14.9 Å². The molecular weight excluding hydrogens is 312 g/mol. The zero-order chi connectivity index (χ0) is 17.5. The molecule has 7 nitrogen and oxygen atoms in total. The van der Waals surface area contributed by atoms with Crippen molar-refractivity contribution in [2.75, 3.05) is 19.0 Å². The molecule has 0 unspecified atom stereocenters. The summed E-state index contributed by atoms with van der Waals surface area (Å²) in [6.07, 6.45) is 0.111. The van der Waals surface area contributed by atoms with E-state index in [1.54, 1.807) is 32.2 Å². The molecule has 2 aromatic carbocycles. The van der Waals surface area contributed by atoms with E-state index in [4.69, 9.17) is 9.47 Å². The number of benzene rings is 2.